The van der Waals surface area contributed by atoms with Gasteiger partial charge in [-0.2, -0.15) is 4.31 Å². The molecule has 2 fully saturated rings. The van der Waals surface area contributed by atoms with Gasteiger partial charge >= 0.3 is 0 Å². The van der Waals surface area contributed by atoms with Crippen LogP contribution in [-0.4, -0.2) is 68.0 Å². The van der Waals surface area contributed by atoms with Crippen molar-refractivity contribution in [2.24, 2.45) is 10.9 Å². The number of halogens is 1. The Hall–Kier alpha value is -0.880. The van der Waals surface area contributed by atoms with E-state index in [0.29, 0.717) is 31.9 Å². The normalized spacial score (nSPS) is 19.3. The highest BCUT2D eigenvalue weighted by atomic mass is 127. The summed E-state index contributed by atoms with van der Waals surface area (Å²) >= 11 is 0. The minimum atomic E-state index is -3.37. The van der Waals surface area contributed by atoms with Crippen molar-refractivity contribution in [3.05, 3.63) is 18.0 Å². The molecule has 1 aromatic rings. The summed E-state index contributed by atoms with van der Waals surface area (Å²) in [4.78, 5) is 6.96. The minimum absolute atomic E-state index is 0. The number of guanidine groups is 1. The molecule has 0 unspecified atom stereocenters. The summed E-state index contributed by atoms with van der Waals surface area (Å²) in [5, 5.41) is 7.07. The van der Waals surface area contributed by atoms with Gasteiger partial charge in [-0.3, -0.25) is 4.99 Å². The molecule has 8 nitrogen and oxygen atoms in total. The molecular weight excluding hydrogens is 505 g/mol. The van der Waals surface area contributed by atoms with E-state index in [1.807, 2.05) is 0 Å². The molecule has 1 aromatic heterocycles. The number of aromatic nitrogens is 1. The van der Waals surface area contributed by atoms with E-state index in [1.165, 1.54) is 38.4 Å². The maximum atomic E-state index is 12.6. The van der Waals surface area contributed by atoms with Gasteiger partial charge < -0.3 is 14.7 Å². The summed E-state index contributed by atoms with van der Waals surface area (Å²) in [5.41, 5.74) is 0.444. The maximum absolute atomic E-state index is 12.6. The lowest BCUT2D eigenvalue weighted by molar-refractivity contribution is 0.259. The average Bonchev–Trinajstić information content (AvgIpc) is 3.38. The second-order valence-corrected chi connectivity index (χ2v) is 9.63. The third-order valence-electron chi connectivity index (χ3n) is 5.59. The van der Waals surface area contributed by atoms with Gasteiger partial charge in [-0.15, -0.1) is 24.0 Å². The molecule has 29 heavy (non-hydrogen) atoms. The molecule has 0 spiro atoms. The number of rotatable bonds is 8. The van der Waals surface area contributed by atoms with Crippen LogP contribution in [0.25, 0.3) is 0 Å². The van der Waals surface area contributed by atoms with E-state index in [9.17, 15) is 8.42 Å². The molecule has 1 saturated carbocycles. The molecule has 2 heterocycles. The van der Waals surface area contributed by atoms with Gasteiger partial charge in [0.1, 0.15) is 12.0 Å². The molecule has 3 rings (SSSR count). The number of nitrogens with zero attached hydrogens (tertiary/aromatic N) is 4. The molecule has 2 aliphatic rings. The second-order valence-electron chi connectivity index (χ2n) is 7.66. The first-order chi connectivity index (χ1) is 13.6. The van der Waals surface area contributed by atoms with Gasteiger partial charge in [0, 0.05) is 45.3 Å². The third-order valence-corrected chi connectivity index (χ3v) is 7.41. The highest BCUT2D eigenvalue weighted by Gasteiger charge is 2.29. The molecule has 0 radical (unpaired) electrons. The van der Waals surface area contributed by atoms with E-state index in [-0.39, 0.29) is 29.7 Å². The first-order valence-electron chi connectivity index (χ1n) is 10.5. The standard InChI is InChI=1S/C19H33N5O3S.HI/c1-2-20-19(21-10-5-8-17-6-3-4-7-17)23-11-13-24(14-12-23)28(25,26)16-18-9-15-27-22-18;/h9,15,17H,2-8,10-14,16H2,1H3,(H,20,21);1H. The lowest BCUT2D eigenvalue weighted by Gasteiger charge is -2.35. The number of piperazine rings is 1. The van der Waals surface area contributed by atoms with E-state index in [4.69, 9.17) is 9.52 Å². The van der Waals surface area contributed by atoms with Gasteiger partial charge in [0.25, 0.3) is 0 Å². The van der Waals surface area contributed by atoms with Gasteiger partial charge in [-0.25, -0.2) is 8.42 Å². The molecule has 0 atom stereocenters. The molecule has 1 aliphatic carbocycles. The Kier molecular flexibility index (Phi) is 10.2. The van der Waals surface area contributed by atoms with Gasteiger partial charge in [-0.05, 0) is 25.7 Å². The summed E-state index contributed by atoms with van der Waals surface area (Å²) in [7, 11) is -3.37. The van der Waals surface area contributed by atoms with Crippen LogP contribution in [0.1, 0.15) is 51.1 Å². The Bertz CT molecular complexity index is 712. The van der Waals surface area contributed by atoms with Gasteiger partial charge in [0.05, 0.1) is 5.69 Å². The van der Waals surface area contributed by atoms with Crippen LogP contribution in [0.2, 0.25) is 0 Å². The Balaban J connectivity index is 0.00000300. The average molecular weight is 539 g/mol. The quantitative estimate of drug-likeness (QED) is 0.237. The Morgan fingerprint density at radius 2 is 2.00 bits per heavy atom. The van der Waals surface area contributed by atoms with Crippen molar-refractivity contribution in [1.82, 2.24) is 19.7 Å². The van der Waals surface area contributed by atoms with Gasteiger partial charge in [-0.1, -0.05) is 30.8 Å². The maximum Gasteiger partial charge on any atom is 0.220 e. The summed E-state index contributed by atoms with van der Waals surface area (Å²) in [6, 6.07) is 1.59. The van der Waals surface area contributed by atoms with Crippen molar-refractivity contribution in [3.8, 4) is 0 Å². The summed E-state index contributed by atoms with van der Waals surface area (Å²) in [6.07, 6.45) is 9.35. The van der Waals surface area contributed by atoms with Crippen molar-refractivity contribution in [1.29, 1.82) is 0 Å². The fourth-order valence-electron chi connectivity index (χ4n) is 4.06. The highest BCUT2D eigenvalue weighted by molar-refractivity contribution is 14.0. The topological polar surface area (TPSA) is 91.0 Å². The monoisotopic (exact) mass is 539 g/mol. The molecular formula is C19H34IN5O3S. The van der Waals surface area contributed by atoms with E-state index in [2.05, 4.69) is 22.3 Å². The number of hydrogen-bond donors (Lipinski definition) is 1. The number of hydrogen-bond acceptors (Lipinski definition) is 5. The Morgan fingerprint density at radius 3 is 2.62 bits per heavy atom. The zero-order chi connectivity index (χ0) is 19.8. The fourth-order valence-corrected chi connectivity index (χ4v) is 5.48. The van der Waals surface area contributed by atoms with Crippen molar-refractivity contribution in [3.63, 3.8) is 0 Å². The zero-order valence-corrected chi connectivity index (χ0v) is 20.4. The number of sulfonamides is 1. The van der Waals surface area contributed by atoms with Crippen LogP contribution in [-0.2, 0) is 15.8 Å². The predicted octanol–water partition coefficient (Wildman–Crippen LogP) is 2.68. The Labute approximate surface area is 191 Å². The van der Waals surface area contributed by atoms with E-state index >= 15 is 0 Å². The minimum Gasteiger partial charge on any atom is -0.364 e. The first kappa shape index (κ1) is 24.4. The highest BCUT2D eigenvalue weighted by Crippen LogP contribution is 2.28. The van der Waals surface area contributed by atoms with Gasteiger partial charge in [0.2, 0.25) is 10.0 Å². The van der Waals surface area contributed by atoms with E-state index < -0.39 is 10.0 Å². The SMILES string of the molecule is CCNC(=NCCCC1CCCC1)N1CCN(S(=O)(=O)Cc2ccon2)CC1.I. The van der Waals surface area contributed by atoms with Crippen LogP contribution in [0.15, 0.2) is 21.8 Å². The van der Waals surface area contributed by atoms with Crippen LogP contribution in [0.3, 0.4) is 0 Å². The van der Waals surface area contributed by atoms with Crippen LogP contribution in [0.4, 0.5) is 0 Å². The van der Waals surface area contributed by atoms with Crippen LogP contribution >= 0.6 is 24.0 Å². The molecule has 0 aromatic carbocycles. The zero-order valence-electron chi connectivity index (χ0n) is 17.3. The second kappa shape index (κ2) is 12.1. The van der Waals surface area contributed by atoms with Crippen molar-refractivity contribution < 1.29 is 12.9 Å². The Morgan fingerprint density at radius 1 is 1.28 bits per heavy atom. The van der Waals surface area contributed by atoms with Crippen molar-refractivity contribution in [2.45, 2.75) is 51.2 Å². The smallest absolute Gasteiger partial charge is 0.220 e. The van der Waals surface area contributed by atoms with Crippen LogP contribution in [0, 0.1) is 5.92 Å². The fraction of sp³-hybridized carbons (Fsp3) is 0.789. The summed E-state index contributed by atoms with van der Waals surface area (Å²) in [5.74, 6) is 1.69. The van der Waals surface area contributed by atoms with Crippen LogP contribution < -0.4 is 5.32 Å². The molecule has 1 saturated heterocycles. The first-order valence-corrected chi connectivity index (χ1v) is 12.1. The van der Waals surface area contributed by atoms with Gasteiger partial charge in [0.15, 0.2) is 5.96 Å². The predicted molar refractivity (Wildman–Crippen MR) is 125 cm³/mol. The molecule has 166 valence electrons. The summed E-state index contributed by atoms with van der Waals surface area (Å²) in [6.45, 7) is 5.93. The van der Waals surface area contributed by atoms with Crippen molar-refractivity contribution in [2.75, 3.05) is 39.3 Å². The molecule has 1 N–H and O–H groups in total. The van der Waals surface area contributed by atoms with Crippen molar-refractivity contribution >= 4 is 40.0 Å². The number of nitrogens with one attached hydrogen (secondary N) is 1. The summed E-state index contributed by atoms with van der Waals surface area (Å²) < 4.78 is 31.4. The van der Waals surface area contributed by atoms with E-state index in [1.54, 1.807) is 10.4 Å². The molecule has 0 amide bonds. The molecule has 0 bridgehead atoms. The third kappa shape index (κ3) is 7.39. The lowest BCUT2D eigenvalue weighted by Crippen LogP contribution is -2.53. The van der Waals surface area contributed by atoms with E-state index in [0.717, 1.165) is 31.4 Å². The number of aliphatic imine (C=N–C) groups is 1. The van der Waals surface area contributed by atoms with Crippen LogP contribution in [0.5, 0.6) is 0 Å². The molecule has 10 heteroatoms. The lowest BCUT2D eigenvalue weighted by atomic mass is 10.0. The molecule has 1 aliphatic heterocycles. The largest absolute Gasteiger partial charge is 0.364 e.